The van der Waals surface area contributed by atoms with Crippen molar-refractivity contribution in [3.05, 3.63) is 34.2 Å². The Balaban J connectivity index is 0.00000144. The fraction of sp³-hybridized carbons (Fsp3) is 0.455. The van der Waals surface area contributed by atoms with Gasteiger partial charge in [-0.2, -0.15) is 0 Å². The van der Waals surface area contributed by atoms with Crippen LogP contribution in [0.1, 0.15) is 23.2 Å². The standard InChI is InChI=1S/C11H15N3O2.ClH/c15-10-4-3-8(6-13-10)11(16)14-9-2-1-5-12-7-9;/h3-4,6,9,12H,1-2,5,7H2,(H,13,15)(H,14,16);1H/t9-;/m1./s1. The van der Waals surface area contributed by atoms with Crippen molar-refractivity contribution in [1.82, 2.24) is 15.6 Å². The van der Waals surface area contributed by atoms with E-state index < -0.39 is 0 Å². The van der Waals surface area contributed by atoms with Gasteiger partial charge in [-0.3, -0.25) is 9.59 Å². The van der Waals surface area contributed by atoms with Gasteiger partial charge < -0.3 is 15.6 Å². The summed E-state index contributed by atoms with van der Waals surface area (Å²) in [5, 5.41) is 6.16. The quantitative estimate of drug-likeness (QED) is 0.713. The summed E-state index contributed by atoms with van der Waals surface area (Å²) in [4.78, 5) is 25.1. The number of hydrogen-bond donors (Lipinski definition) is 3. The summed E-state index contributed by atoms with van der Waals surface area (Å²) in [6.07, 6.45) is 3.52. The molecule has 0 spiro atoms. The van der Waals surface area contributed by atoms with Gasteiger partial charge in [-0.15, -0.1) is 12.4 Å². The molecular weight excluding hydrogens is 242 g/mol. The normalized spacial score (nSPS) is 19.2. The molecule has 0 radical (unpaired) electrons. The minimum Gasteiger partial charge on any atom is -0.348 e. The first-order chi connectivity index (χ1) is 7.75. The van der Waals surface area contributed by atoms with E-state index in [2.05, 4.69) is 15.6 Å². The number of aromatic amines is 1. The van der Waals surface area contributed by atoms with Crippen LogP contribution in [0, 0.1) is 0 Å². The average Bonchev–Trinajstić information content (AvgIpc) is 2.31. The van der Waals surface area contributed by atoms with Crippen molar-refractivity contribution >= 4 is 18.3 Å². The predicted molar refractivity (Wildman–Crippen MR) is 67.7 cm³/mol. The van der Waals surface area contributed by atoms with Crippen LogP contribution < -0.4 is 16.2 Å². The number of amides is 1. The van der Waals surface area contributed by atoms with E-state index in [0.29, 0.717) is 5.56 Å². The van der Waals surface area contributed by atoms with Crippen LogP contribution in [0.4, 0.5) is 0 Å². The molecule has 0 bridgehead atoms. The third-order valence-electron chi connectivity index (χ3n) is 2.68. The van der Waals surface area contributed by atoms with Gasteiger partial charge >= 0.3 is 0 Å². The number of pyridine rings is 1. The number of piperidine rings is 1. The second-order valence-electron chi connectivity index (χ2n) is 3.96. The Kier molecular flexibility index (Phi) is 5.18. The Morgan fingerprint density at radius 1 is 1.41 bits per heavy atom. The molecule has 1 aromatic heterocycles. The maximum atomic E-state index is 11.8. The third kappa shape index (κ3) is 3.87. The van der Waals surface area contributed by atoms with Gasteiger partial charge in [-0.05, 0) is 25.5 Å². The third-order valence-corrected chi connectivity index (χ3v) is 2.68. The van der Waals surface area contributed by atoms with E-state index in [0.717, 1.165) is 25.9 Å². The largest absolute Gasteiger partial charge is 0.348 e. The van der Waals surface area contributed by atoms with Crippen molar-refractivity contribution in [3.63, 3.8) is 0 Å². The zero-order chi connectivity index (χ0) is 11.4. The SMILES string of the molecule is Cl.O=C(N[C@@H]1CCCNC1)c1ccc(=O)[nH]c1. The van der Waals surface area contributed by atoms with Crippen LogP contribution in [-0.4, -0.2) is 30.0 Å². The highest BCUT2D eigenvalue weighted by atomic mass is 35.5. The van der Waals surface area contributed by atoms with E-state index in [1.54, 1.807) is 0 Å². The summed E-state index contributed by atoms with van der Waals surface area (Å²) >= 11 is 0. The van der Waals surface area contributed by atoms with Crippen molar-refractivity contribution in [2.75, 3.05) is 13.1 Å². The molecule has 5 nitrogen and oxygen atoms in total. The number of aromatic nitrogens is 1. The highest BCUT2D eigenvalue weighted by Gasteiger charge is 2.15. The van der Waals surface area contributed by atoms with Gasteiger partial charge in [0.2, 0.25) is 5.56 Å². The molecule has 1 fully saturated rings. The number of carbonyl (C=O) groups is 1. The Bertz CT molecular complexity index is 406. The minimum atomic E-state index is -0.198. The van der Waals surface area contributed by atoms with Crippen LogP contribution in [0.2, 0.25) is 0 Å². The Morgan fingerprint density at radius 2 is 2.24 bits per heavy atom. The van der Waals surface area contributed by atoms with Gasteiger partial charge in [0.1, 0.15) is 0 Å². The number of halogens is 1. The molecule has 1 saturated heterocycles. The van der Waals surface area contributed by atoms with Crippen LogP contribution in [0.5, 0.6) is 0 Å². The Morgan fingerprint density at radius 3 is 2.82 bits per heavy atom. The van der Waals surface area contributed by atoms with Crippen LogP contribution in [0.25, 0.3) is 0 Å². The summed E-state index contributed by atoms with van der Waals surface area (Å²) in [7, 11) is 0. The first kappa shape index (κ1) is 13.7. The Labute approximate surface area is 105 Å². The van der Waals surface area contributed by atoms with Crippen LogP contribution in [0.15, 0.2) is 23.1 Å². The van der Waals surface area contributed by atoms with Crippen molar-refractivity contribution in [1.29, 1.82) is 0 Å². The molecule has 0 aromatic carbocycles. The molecule has 1 aromatic rings. The van der Waals surface area contributed by atoms with Gasteiger partial charge in [0.05, 0.1) is 5.56 Å². The van der Waals surface area contributed by atoms with E-state index >= 15 is 0 Å². The van der Waals surface area contributed by atoms with Crippen molar-refractivity contribution < 1.29 is 4.79 Å². The Hall–Kier alpha value is -1.33. The van der Waals surface area contributed by atoms with Crippen LogP contribution >= 0.6 is 12.4 Å². The number of hydrogen-bond acceptors (Lipinski definition) is 3. The van der Waals surface area contributed by atoms with Crippen molar-refractivity contribution in [2.24, 2.45) is 0 Å². The van der Waals surface area contributed by atoms with E-state index in [9.17, 15) is 9.59 Å². The van der Waals surface area contributed by atoms with Gasteiger partial charge in [0, 0.05) is 24.8 Å². The molecule has 0 aliphatic carbocycles. The summed E-state index contributed by atoms with van der Waals surface area (Å²) in [6, 6.07) is 3.08. The van der Waals surface area contributed by atoms with Crippen LogP contribution in [0.3, 0.4) is 0 Å². The number of nitrogens with one attached hydrogen (secondary N) is 3. The second-order valence-corrected chi connectivity index (χ2v) is 3.96. The molecule has 94 valence electrons. The number of H-pyrrole nitrogens is 1. The second kappa shape index (κ2) is 6.42. The molecule has 1 atom stereocenters. The lowest BCUT2D eigenvalue weighted by molar-refractivity contribution is 0.0930. The number of carbonyl (C=O) groups excluding carboxylic acids is 1. The smallest absolute Gasteiger partial charge is 0.253 e. The van der Waals surface area contributed by atoms with E-state index in [1.165, 1.54) is 18.3 Å². The summed E-state index contributed by atoms with van der Waals surface area (Å²) in [6.45, 7) is 1.83. The average molecular weight is 258 g/mol. The van der Waals surface area contributed by atoms with Crippen molar-refractivity contribution in [2.45, 2.75) is 18.9 Å². The van der Waals surface area contributed by atoms with Gasteiger partial charge in [-0.25, -0.2) is 0 Å². The fourth-order valence-corrected chi connectivity index (χ4v) is 1.80. The molecule has 1 aliphatic heterocycles. The lowest BCUT2D eigenvalue weighted by Crippen LogP contribution is -2.45. The summed E-state index contributed by atoms with van der Waals surface area (Å²) < 4.78 is 0. The molecular formula is C11H16ClN3O2. The maximum Gasteiger partial charge on any atom is 0.253 e. The molecule has 1 aliphatic rings. The lowest BCUT2D eigenvalue weighted by atomic mass is 10.1. The lowest BCUT2D eigenvalue weighted by Gasteiger charge is -2.23. The zero-order valence-electron chi connectivity index (χ0n) is 9.36. The van der Waals surface area contributed by atoms with Crippen LogP contribution in [-0.2, 0) is 0 Å². The maximum absolute atomic E-state index is 11.8. The molecule has 1 amide bonds. The molecule has 2 rings (SSSR count). The monoisotopic (exact) mass is 257 g/mol. The van der Waals surface area contributed by atoms with E-state index in [-0.39, 0.29) is 29.9 Å². The predicted octanol–water partition coefficient (Wildman–Crippen LogP) is 0.279. The highest BCUT2D eigenvalue weighted by molar-refractivity contribution is 5.94. The minimum absolute atomic E-state index is 0. The van der Waals surface area contributed by atoms with Crippen molar-refractivity contribution in [3.8, 4) is 0 Å². The first-order valence-electron chi connectivity index (χ1n) is 5.46. The van der Waals surface area contributed by atoms with Gasteiger partial charge in [-0.1, -0.05) is 0 Å². The molecule has 2 heterocycles. The molecule has 3 N–H and O–H groups in total. The fourth-order valence-electron chi connectivity index (χ4n) is 1.80. The van der Waals surface area contributed by atoms with E-state index in [1.807, 2.05) is 0 Å². The van der Waals surface area contributed by atoms with Gasteiger partial charge in [0.25, 0.3) is 5.91 Å². The summed E-state index contributed by atoms with van der Waals surface area (Å²) in [5.41, 5.74) is 0.293. The first-order valence-corrected chi connectivity index (χ1v) is 5.46. The van der Waals surface area contributed by atoms with E-state index in [4.69, 9.17) is 0 Å². The molecule has 17 heavy (non-hydrogen) atoms. The molecule has 6 heteroatoms. The highest BCUT2D eigenvalue weighted by Crippen LogP contribution is 2.03. The zero-order valence-corrected chi connectivity index (χ0v) is 10.2. The topological polar surface area (TPSA) is 74.0 Å². The van der Waals surface area contributed by atoms with Gasteiger partial charge in [0.15, 0.2) is 0 Å². The molecule has 0 unspecified atom stereocenters. The summed E-state index contributed by atoms with van der Waals surface area (Å²) in [5.74, 6) is -0.134. The number of rotatable bonds is 2. The molecule has 0 saturated carbocycles.